The van der Waals surface area contributed by atoms with Crippen LogP contribution in [0.1, 0.15) is 56.3 Å². The first-order chi connectivity index (χ1) is 16.1. The summed E-state index contributed by atoms with van der Waals surface area (Å²) >= 11 is 0. The summed E-state index contributed by atoms with van der Waals surface area (Å²) in [7, 11) is 3.06. The fraction of sp³-hybridized carbons (Fsp3) is 0.520. The van der Waals surface area contributed by atoms with E-state index in [2.05, 4.69) is 42.6 Å². The van der Waals surface area contributed by atoms with Crippen LogP contribution in [0, 0.1) is 11.8 Å². The molecular weight excluding hydrogens is 434 g/mol. The first-order valence-corrected chi connectivity index (χ1v) is 11.7. The number of aromatic nitrogens is 4. The van der Waals surface area contributed by atoms with Gasteiger partial charge in [0.25, 0.3) is 5.56 Å². The van der Waals surface area contributed by atoms with Gasteiger partial charge in [-0.3, -0.25) is 18.8 Å². The highest BCUT2D eigenvalue weighted by atomic mass is 16.5. The molecule has 34 heavy (non-hydrogen) atoms. The van der Waals surface area contributed by atoms with Crippen molar-refractivity contribution in [2.24, 2.45) is 25.9 Å². The maximum atomic E-state index is 12.7. The maximum absolute atomic E-state index is 12.7. The van der Waals surface area contributed by atoms with E-state index in [4.69, 9.17) is 4.74 Å². The van der Waals surface area contributed by atoms with Gasteiger partial charge in [-0.1, -0.05) is 45.9 Å². The molecule has 2 heterocycles. The fourth-order valence-corrected chi connectivity index (χ4v) is 4.18. The highest BCUT2D eigenvalue weighted by Crippen LogP contribution is 2.26. The minimum atomic E-state index is -0.426. The number of aryl methyl sites for hydroxylation is 1. The zero-order valence-electron chi connectivity index (χ0n) is 20.9. The Bertz CT molecular complexity index is 1230. The fourth-order valence-electron chi connectivity index (χ4n) is 4.18. The van der Waals surface area contributed by atoms with Crippen molar-refractivity contribution in [1.29, 1.82) is 0 Å². The third-order valence-electron chi connectivity index (χ3n) is 5.70. The van der Waals surface area contributed by atoms with Gasteiger partial charge in [0.2, 0.25) is 0 Å². The second-order valence-electron chi connectivity index (χ2n) is 9.57. The average Bonchev–Trinajstić information content (AvgIpc) is 3.24. The summed E-state index contributed by atoms with van der Waals surface area (Å²) in [6.07, 6.45) is 0.492. The van der Waals surface area contributed by atoms with Crippen molar-refractivity contribution >= 4 is 17.1 Å². The van der Waals surface area contributed by atoms with Crippen LogP contribution in [-0.2, 0) is 18.8 Å². The lowest BCUT2D eigenvalue weighted by molar-refractivity contribution is 0.0438. The predicted molar refractivity (Wildman–Crippen MR) is 132 cm³/mol. The molecule has 0 fully saturated rings. The van der Waals surface area contributed by atoms with Crippen LogP contribution in [0.5, 0.6) is 0 Å². The summed E-state index contributed by atoms with van der Waals surface area (Å²) in [5.41, 5.74) is 0.279. The maximum Gasteiger partial charge on any atom is 0.338 e. The quantitative estimate of drug-likeness (QED) is 0.458. The van der Waals surface area contributed by atoms with E-state index in [9.17, 15) is 14.4 Å². The van der Waals surface area contributed by atoms with Crippen LogP contribution < -0.4 is 11.2 Å². The number of ether oxygens (including phenoxy) is 1. The van der Waals surface area contributed by atoms with Crippen molar-refractivity contribution in [3.63, 3.8) is 0 Å². The normalized spacial score (nSPS) is 12.7. The molecule has 9 heteroatoms. The third-order valence-corrected chi connectivity index (χ3v) is 5.70. The second-order valence-corrected chi connectivity index (χ2v) is 9.57. The van der Waals surface area contributed by atoms with Crippen molar-refractivity contribution < 1.29 is 9.53 Å². The van der Waals surface area contributed by atoms with E-state index in [0.717, 1.165) is 17.7 Å². The number of benzene rings is 1. The Morgan fingerprint density at radius 2 is 1.65 bits per heavy atom. The molecule has 2 aromatic heterocycles. The number of hydrogen-bond donors (Lipinski definition) is 1. The monoisotopic (exact) mass is 469 g/mol. The lowest BCUT2D eigenvalue weighted by Crippen LogP contribution is -2.36. The molecule has 184 valence electrons. The number of hydrogen-bond acceptors (Lipinski definition) is 6. The van der Waals surface area contributed by atoms with Gasteiger partial charge in [-0.15, -0.1) is 0 Å². The summed E-state index contributed by atoms with van der Waals surface area (Å²) in [4.78, 5) is 47.7. The van der Waals surface area contributed by atoms with Gasteiger partial charge in [-0.05, 0) is 24.0 Å². The predicted octanol–water partition coefficient (Wildman–Crippen LogP) is 2.86. The number of rotatable bonds is 10. The number of carbonyl (C=O) groups excluding carboxylic acids is 1. The number of nitrogens with one attached hydrogen (secondary N) is 1. The number of aromatic amines is 1. The van der Waals surface area contributed by atoms with Crippen molar-refractivity contribution in [2.45, 2.75) is 40.2 Å². The number of imidazole rings is 1. The van der Waals surface area contributed by atoms with Crippen LogP contribution in [0.4, 0.5) is 0 Å². The summed E-state index contributed by atoms with van der Waals surface area (Å²) < 4.78 is 8.02. The van der Waals surface area contributed by atoms with E-state index in [-0.39, 0.29) is 18.6 Å². The lowest BCUT2D eigenvalue weighted by Gasteiger charge is -2.33. The zero-order chi connectivity index (χ0) is 25.0. The average molecular weight is 470 g/mol. The van der Waals surface area contributed by atoms with Gasteiger partial charge in [-0.2, -0.15) is 0 Å². The van der Waals surface area contributed by atoms with Crippen LogP contribution in [-0.4, -0.2) is 49.7 Å². The van der Waals surface area contributed by atoms with Crippen molar-refractivity contribution in [2.75, 3.05) is 19.7 Å². The molecule has 0 bridgehead atoms. The Morgan fingerprint density at radius 1 is 1.03 bits per heavy atom. The lowest BCUT2D eigenvalue weighted by atomic mass is 10.1. The van der Waals surface area contributed by atoms with Gasteiger partial charge in [0.15, 0.2) is 5.65 Å². The largest absolute Gasteiger partial charge is 0.462 e. The SMILES string of the molecule is CC(C)CN(CC(C)C)C(CCOC(=O)c1ccccc1)c1nc2c([nH]1)c(=O)n(C)c(=O)n2C. The molecule has 1 atom stereocenters. The minimum Gasteiger partial charge on any atom is -0.462 e. The minimum absolute atomic E-state index is 0.194. The van der Waals surface area contributed by atoms with Gasteiger partial charge >= 0.3 is 11.7 Å². The summed E-state index contributed by atoms with van der Waals surface area (Å²) in [5.74, 6) is 1.01. The molecule has 0 amide bonds. The second kappa shape index (κ2) is 10.8. The third kappa shape index (κ3) is 5.64. The van der Waals surface area contributed by atoms with Crippen LogP contribution in [0.2, 0.25) is 0 Å². The zero-order valence-corrected chi connectivity index (χ0v) is 20.9. The van der Waals surface area contributed by atoms with E-state index in [1.54, 1.807) is 31.3 Å². The molecular formula is C25H35N5O4. The van der Waals surface area contributed by atoms with Gasteiger partial charge < -0.3 is 9.72 Å². The summed E-state index contributed by atoms with van der Waals surface area (Å²) in [6, 6.07) is 8.66. The van der Waals surface area contributed by atoms with Crippen LogP contribution in [0.3, 0.4) is 0 Å². The van der Waals surface area contributed by atoms with E-state index in [0.29, 0.717) is 40.8 Å². The van der Waals surface area contributed by atoms with Crippen LogP contribution in [0.25, 0.3) is 11.2 Å². The summed E-state index contributed by atoms with van der Waals surface area (Å²) in [5, 5.41) is 0. The number of esters is 1. The van der Waals surface area contributed by atoms with Crippen LogP contribution >= 0.6 is 0 Å². The van der Waals surface area contributed by atoms with Crippen molar-refractivity contribution in [1.82, 2.24) is 24.0 Å². The molecule has 9 nitrogen and oxygen atoms in total. The molecule has 0 aliphatic carbocycles. The number of nitrogens with zero attached hydrogens (tertiary/aromatic N) is 4. The molecule has 0 saturated heterocycles. The van der Waals surface area contributed by atoms with E-state index in [1.165, 1.54) is 11.6 Å². The highest BCUT2D eigenvalue weighted by Gasteiger charge is 2.27. The highest BCUT2D eigenvalue weighted by molar-refractivity contribution is 5.89. The van der Waals surface area contributed by atoms with E-state index < -0.39 is 11.2 Å². The molecule has 0 aliphatic heterocycles. The molecule has 1 N–H and O–H groups in total. The molecule has 1 aromatic carbocycles. The topological polar surface area (TPSA) is 102 Å². The van der Waals surface area contributed by atoms with E-state index in [1.807, 2.05) is 6.07 Å². The molecule has 0 radical (unpaired) electrons. The Kier molecular flexibility index (Phi) is 8.09. The van der Waals surface area contributed by atoms with Gasteiger partial charge in [0.05, 0.1) is 18.2 Å². The van der Waals surface area contributed by atoms with Gasteiger partial charge in [0.1, 0.15) is 11.3 Å². The molecule has 0 spiro atoms. The first-order valence-electron chi connectivity index (χ1n) is 11.7. The Balaban J connectivity index is 1.96. The number of fused-ring (bicyclic) bond motifs is 1. The standard InChI is InChI=1S/C25H35N5O4/c1-16(2)14-30(15-17(3)4)19(12-13-34-24(32)18-10-8-7-9-11-18)21-26-20-22(27-21)28(5)25(33)29(6)23(20)31/h7-11,16-17,19H,12-15H2,1-6H3,(H,26,27). The number of carbonyl (C=O) groups is 1. The van der Waals surface area contributed by atoms with Crippen LogP contribution in [0.15, 0.2) is 39.9 Å². The molecule has 3 rings (SSSR count). The van der Waals surface area contributed by atoms with Crippen molar-refractivity contribution in [3.05, 3.63) is 62.6 Å². The Labute approximate surface area is 199 Å². The van der Waals surface area contributed by atoms with E-state index >= 15 is 0 Å². The molecule has 0 saturated carbocycles. The van der Waals surface area contributed by atoms with Gasteiger partial charge in [-0.25, -0.2) is 14.6 Å². The number of H-pyrrole nitrogens is 1. The molecule has 1 unspecified atom stereocenters. The first kappa shape index (κ1) is 25.4. The summed E-state index contributed by atoms with van der Waals surface area (Å²) in [6.45, 7) is 10.4. The van der Waals surface area contributed by atoms with Gasteiger partial charge in [0, 0.05) is 33.6 Å². The Hall–Kier alpha value is -3.20. The van der Waals surface area contributed by atoms with Crippen molar-refractivity contribution in [3.8, 4) is 0 Å². The smallest absolute Gasteiger partial charge is 0.338 e. The Morgan fingerprint density at radius 3 is 2.24 bits per heavy atom. The molecule has 3 aromatic rings. The molecule has 0 aliphatic rings.